The summed E-state index contributed by atoms with van der Waals surface area (Å²) in [6.45, 7) is 0.367. The van der Waals surface area contributed by atoms with Gasteiger partial charge in [0.05, 0.1) is 0 Å². The second-order valence-electron chi connectivity index (χ2n) is 4.15. The van der Waals surface area contributed by atoms with Gasteiger partial charge in [-0.05, 0) is 17.7 Å². The number of ether oxygens (including phenoxy) is 1. The third-order valence-corrected chi connectivity index (χ3v) is 3.41. The van der Waals surface area contributed by atoms with E-state index in [9.17, 15) is 0 Å². The topological polar surface area (TPSA) is 30.8 Å². The van der Waals surface area contributed by atoms with Crippen LogP contribution in [0.1, 0.15) is 11.1 Å². The first-order valence-electron chi connectivity index (χ1n) is 6.26. The summed E-state index contributed by atoms with van der Waals surface area (Å²) >= 11 is 3.42. The smallest absolute Gasteiger partial charge is 0.134 e. The number of alkyl halides is 1. The van der Waals surface area contributed by atoms with E-state index >= 15 is 0 Å². The summed E-state index contributed by atoms with van der Waals surface area (Å²) in [5.41, 5.74) is 2.97. The molecule has 0 bridgehead atoms. The largest absolute Gasteiger partial charge is 0.487 e. The molecule has 0 aliphatic heterocycles. The van der Waals surface area contributed by atoms with Crippen molar-refractivity contribution in [1.82, 2.24) is 0 Å². The Kier molecular flexibility index (Phi) is 5.62. The molecular weight excluding hydrogens is 318 g/mol. The molecule has 104 valence electrons. The quantitative estimate of drug-likeness (QED) is 0.454. The number of rotatable bonds is 6. The van der Waals surface area contributed by atoms with Gasteiger partial charge in [0, 0.05) is 10.9 Å². The lowest BCUT2D eigenvalue weighted by atomic mass is 10.1. The summed E-state index contributed by atoms with van der Waals surface area (Å²) in [7, 11) is 1.54. The van der Waals surface area contributed by atoms with Crippen LogP contribution in [0.3, 0.4) is 0 Å². The lowest BCUT2D eigenvalue weighted by Gasteiger charge is -2.09. The average molecular weight is 334 g/mol. The van der Waals surface area contributed by atoms with Crippen molar-refractivity contribution in [3.8, 4) is 5.75 Å². The number of nitrogens with zero attached hydrogens (tertiary/aromatic N) is 1. The molecule has 2 rings (SSSR count). The molecule has 0 amide bonds. The van der Waals surface area contributed by atoms with Gasteiger partial charge in [0.25, 0.3) is 0 Å². The maximum Gasteiger partial charge on any atom is 0.134 e. The van der Waals surface area contributed by atoms with Crippen molar-refractivity contribution in [3.63, 3.8) is 0 Å². The molecule has 0 radical (unpaired) electrons. The highest BCUT2D eigenvalue weighted by molar-refractivity contribution is 9.08. The van der Waals surface area contributed by atoms with E-state index in [1.54, 1.807) is 0 Å². The van der Waals surface area contributed by atoms with E-state index in [1.165, 1.54) is 12.7 Å². The maximum absolute atomic E-state index is 5.75. The number of benzene rings is 2. The zero-order chi connectivity index (χ0) is 14.2. The molecule has 0 aromatic heterocycles. The molecule has 0 atom stereocenters. The first-order chi connectivity index (χ1) is 9.83. The summed E-state index contributed by atoms with van der Waals surface area (Å²) in [6, 6.07) is 17.8. The van der Waals surface area contributed by atoms with E-state index in [-0.39, 0.29) is 0 Å². The van der Waals surface area contributed by atoms with Crippen molar-refractivity contribution in [3.05, 3.63) is 65.7 Å². The zero-order valence-electron chi connectivity index (χ0n) is 11.3. The van der Waals surface area contributed by atoms with Gasteiger partial charge < -0.3 is 9.57 Å². The van der Waals surface area contributed by atoms with Crippen LogP contribution in [-0.4, -0.2) is 19.4 Å². The highest BCUT2D eigenvalue weighted by Crippen LogP contribution is 2.14. The van der Waals surface area contributed by atoms with E-state index in [1.807, 2.05) is 54.6 Å². The first kappa shape index (κ1) is 14.6. The van der Waals surface area contributed by atoms with E-state index in [4.69, 9.17) is 9.57 Å². The highest BCUT2D eigenvalue weighted by Gasteiger charge is 2.05. The van der Waals surface area contributed by atoms with Crippen LogP contribution < -0.4 is 4.74 Å². The zero-order valence-corrected chi connectivity index (χ0v) is 12.8. The van der Waals surface area contributed by atoms with E-state index in [0.29, 0.717) is 6.61 Å². The van der Waals surface area contributed by atoms with Crippen molar-refractivity contribution >= 4 is 21.6 Å². The van der Waals surface area contributed by atoms with Crippen LogP contribution >= 0.6 is 15.9 Å². The molecule has 3 nitrogen and oxygen atoms in total. The summed E-state index contributed by atoms with van der Waals surface area (Å²) in [4.78, 5) is 4.89. The fourth-order valence-electron chi connectivity index (χ4n) is 1.73. The maximum atomic E-state index is 5.75. The minimum atomic E-state index is 0.367. The van der Waals surface area contributed by atoms with Crippen molar-refractivity contribution in [1.29, 1.82) is 0 Å². The van der Waals surface area contributed by atoms with Crippen molar-refractivity contribution < 1.29 is 9.57 Å². The molecule has 0 heterocycles. The van der Waals surface area contributed by atoms with E-state index in [2.05, 4.69) is 21.1 Å². The van der Waals surface area contributed by atoms with Gasteiger partial charge in [0.15, 0.2) is 0 Å². The third-order valence-electron chi connectivity index (χ3n) is 2.76. The van der Waals surface area contributed by atoms with Gasteiger partial charge in [-0.3, -0.25) is 0 Å². The second-order valence-corrected chi connectivity index (χ2v) is 4.71. The Labute approximate surface area is 127 Å². The number of halogens is 1. The van der Waals surface area contributed by atoms with Gasteiger partial charge in [-0.15, -0.1) is 0 Å². The van der Waals surface area contributed by atoms with Crippen molar-refractivity contribution in [2.45, 2.75) is 5.33 Å². The Morgan fingerprint density at radius 2 is 1.75 bits per heavy atom. The van der Waals surface area contributed by atoms with Crippen LogP contribution in [0, 0.1) is 0 Å². The molecule has 20 heavy (non-hydrogen) atoms. The Bertz CT molecular complexity index is 552. The predicted molar refractivity (Wildman–Crippen MR) is 84.6 cm³/mol. The predicted octanol–water partition coefficient (Wildman–Crippen LogP) is 4.01. The molecule has 0 spiro atoms. The molecule has 0 saturated heterocycles. The van der Waals surface area contributed by atoms with Gasteiger partial charge in [0.1, 0.15) is 25.2 Å². The first-order valence-corrected chi connectivity index (χ1v) is 7.39. The fourth-order valence-corrected chi connectivity index (χ4v) is 2.10. The molecule has 4 heteroatoms. The van der Waals surface area contributed by atoms with Crippen LogP contribution in [0.2, 0.25) is 0 Å². The lowest BCUT2D eigenvalue weighted by Crippen LogP contribution is -2.13. The van der Waals surface area contributed by atoms with Gasteiger partial charge in [-0.25, -0.2) is 0 Å². The van der Waals surface area contributed by atoms with Crippen LogP contribution in [0.4, 0.5) is 0 Å². The number of oxime groups is 1. The molecule has 0 fully saturated rings. The number of hydrogen-bond acceptors (Lipinski definition) is 3. The van der Waals surface area contributed by atoms with E-state index < -0.39 is 0 Å². The molecule has 0 N–H and O–H groups in total. The van der Waals surface area contributed by atoms with E-state index in [0.717, 1.165) is 22.4 Å². The standard InChI is InChI=1S/C16H16BrNO2/c1-19-18-16(14-5-3-2-4-6-14)12-20-15-9-7-13(11-17)8-10-15/h2-10H,11-12H2,1H3/b18-16-. The Balaban J connectivity index is 2.04. The molecular formula is C16H16BrNO2. The summed E-state index contributed by atoms with van der Waals surface area (Å²) < 4.78 is 5.75. The molecule has 0 aliphatic carbocycles. The highest BCUT2D eigenvalue weighted by atomic mass is 79.9. The summed E-state index contributed by atoms with van der Waals surface area (Å²) in [5, 5.41) is 4.87. The fraction of sp³-hybridized carbons (Fsp3) is 0.188. The Morgan fingerprint density at radius 1 is 1.05 bits per heavy atom. The summed E-state index contributed by atoms with van der Waals surface area (Å²) in [6.07, 6.45) is 0. The second kappa shape index (κ2) is 7.70. The average Bonchev–Trinajstić information content (AvgIpc) is 2.53. The number of hydrogen-bond donors (Lipinski definition) is 0. The van der Waals surface area contributed by atoms with Crippen molar-refractivity contribution in [2.24, 2.45) is 5.16 Å². The minimum absolute atomic E-state index is 0.367. The molecule has 0 aliphatic rings. The van der Waals surface area contributed by atoms with Crippen molar-refractivity contribution in [2.75, 3.05) is 13.7 Å². The van der Waals surface area contributed by atoms with Gasteiger partial charge in [0.2, 0.25) is 0 Å². The lowest BCUT2D eigenvalue weighted by molar-refractivity contribution is 0.210. The van der Waals surface area contributed by atoms with Gasteiger partial charge in [-0.1, -0.05) is 63.6 Å². The monoisotopic (exact) mass is 333 g/mol. The molecule has 0 unspecified atom stereocenters. The van der Waals surface area contributed by atoms with Gasteiger partial charge >= 0.3 is 0 Å². The Hall–Kier alpha value is -1.81. The third kappa shape index (κ3) is 4.10. The SMILES string of the molecule is CO/N=C(/COc1ccc(CBr)cc1)c1ccccc1. The minimum Gasteiger partial charge on any atom is -0.487 e. The molecule has 2 aromatic rings. The molecule has 0 saturated carbocycles. The van der Waals surface area contributed by atoms with Crippen LogP contribution in [0.25, 0.3) is 0 Å². The van der Waals surface area contributed by atoms with Crippen LogP contribution in [-0.2, 0) is 10.2 Å². The Morgan fingerprint density at radius 3 is 2.35 bits per heavy atom. The van der Waals surface area contributed by atoms with Crippen LogP contribution in [0.15, 0.2) is 59.8 Å². The molecule has 2 aromatic carbocycles. The van der Waals surface area contributed by atoms with Crippen LogP contribution in [0.5, 0.6) is 5.75 Å². The summed E-state index contributed by atoms with van der Waals surface area (Å²) in [5.74, 6) is 0.814. The normalized spacial score (nSPS) is 11.2. The van der Waals surface area contributed by atoms with Gasteiger partial charge in [-0.2, -0.15) is 0 Å².